The number of halogens is 1. The van der Waals surface area contributed by atoms with Crippen LogP contribution < -0.4 is 10.7 Å². The number of hydrogen-bond acceptors (Lipinski definition) is 6. The van der Waals surface area contributed by atoms with E-state index in [1.54, 1.807) is 17.2 Å². The quantitative estimate of drug-likeness (QED) is 0.691. The normalized spacial score (nSPS) is 14.9. The molecule has 1 aliphatic rings. The molecule has 1 aromatic carbocycles. The first-order chi connectivity index (χ1) is 14.2. The Bertz CT molecular complexity index is 1120. The maximum Gasteiger partial charge on any atom is 0.417 e. The summed E-state index contributed by atoms with van der Waals surface area (Å²) in [7, 11) is 0. The van der Waals surface area contributed by atoms with Gasteiger partial charge < -0.3 is 19.0 Å². The monoisotopic (exact) mass is 414 g/mol. The highest BCUT2D eigenvalue weighted by atomic mass is 19.1. The van der Waals surface area contributed by atoms with Crippen molar-refractivity contribution < 1.29 is 18.3 Å². The molecule has 1 fully saturated rings. The topological polar surface area (TPSA) is 91.7 Å². The van der Waals surface area contributed by atoms with E-state index in [0.717, 1.165) is 5.82 Å². The molecule has 4 rings (SSSR count). The molecule has 0 unspecified atom stereocenters. The lowest BCUT2D eigenvalue weighted by Gasteiger charge is -2.36. The number of pyridine rings is 1. The summed E-state index contributed by atoms with van der Waals surface area (Å²) in [4.78, 5) is 34.1. The zero-order valence-electron chi connectivity index (χ0n) is 17.1. The van der Waals surface area contributed by atoms with Gasteiger partial charge in [-0.05, 0) is 39.0 Å². The minimum Gasteiger partial charge on any atom is -0.444 e. The first-order valence-corrected chi connectivity index (χ1v) is 9.71. The molecule has 2 aromatic heterocycles. The predicted octanol–water partition coefficient (Wildman–Crippen LogP) is 3.38. The number of hydrogen-bond donors (Lipinski definition) is 1. The van der Waals surface area contributed by atoms with E-state index in [1.165, 1.54) is 12.1 Å². The van der Waals surface area contributed by atoms with Gasteiger partial charge in [-0.2, -0.15) is 0 Å². The van der Waals surface area contributed by atoms with Crippen molar-refractivity contribution in [1.29, 1.82) is 0 Å². The van der Waals surface area contributed by atoms with Gasteiger partial charge in [0.25, 0.3) is 0 Å². The van der Waals surface area contributed by atoms with Crippen molar-refractivity contribution in [2.75, 3.05) is 31.1 Å². The molecule has 1 N–H and O–H groups in total. The van der Waals surface area contributed by atoms with Gasteiger partial charge >= 0.3 is 11.8 Å². The highest BCUT2D eigenvalue weighted by molar-refractivity contribution is 5.80. The number of oxazole rings is 1. The number of fused-ring (bicyclic) bond motifs is 1. The van der Waals surface area contributed by atoms with Crippen LogP contribution in [0.1, 0.15) is 20.8 Å². The Morgan fingerprint density at radius 3 is 2.57 bits per heavy atom. The van der Waals surface area contributed by atoms with Crippen molar-refractivity contribution in [3.63, 3.8) is 0 Å². The standard InChI is InChI=1S/C21H23FN4O4/c1-21(2,3)30-20(28)26-8-6-25(7-9-26)18-5-4-13(12-23-18)14-10-17-16(11-15(14)22)24-19(27)29-17/h4-5,10-12H,6-9H2,1-3H3,(H,24,27). The molecule has 3 heterocycles. The molecule has 1 saturated heterocycles. The third-order valence-corrected chi connectivity index (χ3v) is 4.82. The van der Waals surface area contributed by atoms with Gasteiger partial charge in [0, 0.05) is 49.6 Å². The number of aromatic nitrogens is 2. The van der Waals surface area contributed by atoms with Gasteiger partial charge in [-0.15, -0.1) is 0 Å². The summed E-state index contributed by atoms with van der Waals surface area (Å²) in [6.45, 7) is 7.86. The lowest BCUT2D eigenvalue weighted by Crippen LogP contribution is -2.50. The Hall–Kier alpha value is -3.36. The first-order valence-electron chi connectivity index (χ1n) is 9.71. The van der Waals surface area contributed by atoms with Crippen molar-refractivity contribution >= 4 is 23.0 Å². The van der Waals surface area contributed by atoms with E-state index in [2.05, 4.69) is 14.9 Å². The molecule has 8 nitrogen and oxygen atoms in total. The van der Waals surface area contributed by atoms with Crippen LogP contribution in [0.25, 0.3) is 22.2 Å². The van der Waals surface area contributed by atoms with E-state index in [1.807, 2.05) is 26.8 Å². The van der Waals surface area contributed by atoms with Gasteiger partial charge in [0.05, 0.1) is 5.52 Å². The van der Waals surface area contributed by atoms with Gasteiger partial charge in [0.15, 0.2) is 5.58 Å². The molecule has 3 aromatic rings. The van der Waals surface area contributed by atoms with Crippen LogP contribution in [-0.2, 0) is 4.74 Å². The highest BCUT2D eigenvalue weighted by Crippen LogP contribution is 2.27. The van der Waals surface area contributed by atoms with Crippen LogP contribution in [0.15, 0.2) is 39.7 Å². The molecule has 0 spiro atoms. The highest BCUT2D eigenvalue weighted by Gasteiger charge is 2.26. The molecule has 0 bridgehead atoms. The van der Waals surface area contributed by atoms with Crippen LogP contribution in [-0.4, -0.2) is 52.7 Å². The van der Waals surface area contributed by atoms with Crippen LogP contribution in [0.3, 0.4) is 0 Å². The number of carbonyl (C=O) groups excluding carboxylic acids is 1. The number of benzene rings is 1. The number of amides is 1. The van der Waals surface area contributed by atoms with Crippen molar-refractivity contribution in [1.82, 2.24) is 14.9 Å². The summed E-state index contributed by atoms with van der Waals surface area (Å²) in [6, 6.07) is 6.31. The van der Waals surface area contributed by atoms with Gasteiger partial charge in [-0.1, -0.05) is 0 Å². The first kappa shape index (κ1) is 19.9. The second-order valence-corrected chi connectivity index (χ2v) is 8.20. The molecular weight excluding hydrogens is 391 g/mol. The lowest BCUT2D eigenvalue weighted by atomic mass is 10.1. The Kier molecular flexibility index (Phi) is 4.97. The fraction of sp³-hybridized carbons (Fsp3) is 0.381. The van der Waals surface area contributed by atoms with E-state index in [0.29, 0.717) is 48.4 Å². The fourth-order valence-electron chi connectivity index (χ4n) is 3.37. The van der Waals surface area contributed by atoms with Gasteiger partial charge in [0.2, 0.25) is 0 Å². The number of rotatable bonds is 2. The van der Waals surface area contributed by atoms with E-state index >= 15 is 0 Å². The molecule has 30 heavy (non-hydrogen) atoms. The summed E-state index contributed by atoms with van der Waals surface area (Å²) >= 11 is 0. The smallest absolute Gasteiger partial charge is 0.417 e. The molecule has 0 saturated carbocycles. The van der Waals surface area contributed by atoms with Crippen molar-refractivity contribution in [3.05, 3.63) is 46.8 Å². The van der Waals surface area contributed by atoms with Gasteiger partial charge in [0.1, 0.15) is 17.2 Å². The molecule has 0 atom stereocenters. The molecular formula is C21H23FN4O4. The number of ether oxygens (including phenoxy) is 1. The van der Waals surface area contributed by atoms with Crippen molar-refractivity contribution in [2.24, 2.45) is 0 Å². The number of nitrogens with one attached hydrogen (secondary N) is 1. The van der Waals surface area contributed by atoms with Crippen LogP contribution in [0.2, 0.25) is 0 Å². The number of anilines is 1. The summed E-state index contributed by atoms with van der Waals surface area (Å²) in [5, 5.41) is 0. The Labute approximate surface area is 172 Å². The summed E-state index contributed by atoms with van der Waals surface area (Å²) in [6.07, 6.45) is 1.28. The number of aromatic amines is 1. The molecule has 0 radical (unpaired) electrons. The van der Waals surface area contributed by atoms with E-state index in [9.17, 15) is 14.0 Å². The van der Waals surface area contributed by atoms with Crippen molar-refractivity contribution in [3.8, 4) is 11.1 Å². The Morgan fingerprint density at radius 2 is 1.93 bits per heavy atom. The van der Waals surface area contributed by atoms with Crippen LogP contribution >= 0.6 is 0 Å². The number of carbonyl (C=O) groups is 1. The molecule has 1 amide bonds. The third kappa shape index (κ3) is 4.14. The average molecular weight is 414 g/mol. The van der Waals surface area contributed by atoms with E-state index in [-0.39, 0.29) is 6.09 Å². The predicted molar refractivity (Wildman–Crippen MR) is 110 cm³/mol. The average Bonchev–Trinajstić information content (AvgIpc) is 3.05. The summed E-state index contributed by atoms with van der Waals surface area (Å²) < 4.78 is 24.9. The molecule has 0 aliphatic carbocycles. The van der Waals surface area contributed by atoms with Crippen LogP contribution in [0.4, 0.5) is 15.0 Å². The van der Waals surface area contributed by atoms with Crippen LogP contribution in [0.5, 0.6) is 0 Å². The number of piperazine rings is 1. The second-order valence-electron chi connectivity index (χ2n) is 8.20. The minimum atomic E-state index is -0.624. The molecule has 9 heteroatoms. The zero-order chi connectivity index (χ0) is 21.5. The number of nitrogens with zero attached hydrogens (tertiary/aromatic N) is 3. The minimum absolute atomic E-state index is 0.291. The Balaban J connectivity index is 1.45. The zero-order valence-corrected chi connectivity index (χ0v) is 17.1. The largest absolute Gasteiger partial charge is 0.444 e. The SMILES string of the molecule is CC(C)(C)OC(=O)N1CCN(c2ccc(-c3cc4oc(=O)[nH]c4cc3F)cn2)CC1. The van der Waals surface area contributed by atoms with Gasteiger partial charge in [-0.25, -0.2) is 19.0 Å². The van der Waals surface area contributed by atoms with E-state index in [4.69, 9.17) is 9.15 Å². The second kappa shape index (κ2) is 7.47. The maximum absolute atomic E-state index is 14.5. The Morgan fingerprint density at radius 1 is 1.20 bits per heavy atom. The van der Waals surface area contributed by atoms with Crippen molar-refractivity contribution in [2.45, 2.75) is 26.4 Å². The third-order valence-electron chi connectivity index (χ3n) is 4.82. The van der Waals surface area contributed by atoms with E-state index < -0.39 is 17.2 Å². The molecule has 158 valence electrons. The van der Waals surface area contributed by atoms with Gasteiger partial charge in [-0.3, -0.25) is 4.98 Å². The molecule has 1 aliphatic heterocycles. The lowest BCUT2D eigenvalue weighted by molar-refractivity contribution is 0.0240. The summed E-state index contributed by atoms with van der Waals surface area (Å²) in [5.41, 5.74) is 0.966. The fourth-order valence-corrected chi connectivity index (χ4v) is 3.37. The summed E-state index contributed by atoms with van der Waals surface area (Å²) in [5.74, 6) is -0.349. The number of H-pyrrole nitrogens is 1. The van der Waals surface area contributed by atoms with Crippen LogP contribution in [0, 0.1) is 5.82 Å². The maximum atomic E-state index is 14.5.